The topological polar surface area (TPSA) is 86.7 Å². The van der Waals surface area contributed by atoms with Crippen LogP contribution in [0.1, 0.15) is 60.0 Å². The van der Waals surface area contributed by atoms with Crippen molar-refractivity contribution in [1.82, 2.24) is 0 Å². The number of hydrogen-bond acceptors (Lipinski definition) is 6. The molecule has 6 nitrogen and oxygen atoms in total. The fraction of sp³-hybridized carbons (Fsp3) is 0.267. The van der Waals surface area contributed by atoms with Crippen LogP contribution in [-0.4, -0.2) is 29.8 Å². The second kappa shape index (κ2) is 8.86. The number of esters is 2. The summed E-state index contributed by atoms with van der Waals surface area (Å²) in [5.74, 6) is -4.20. The van der Waals surface area contributed by atoms with Crippen LogP contribution in [0.5, 0.6) is 0 Å². The van der Waals surface area contributed by atoms with Crippen LogP contribution in [-0.2, 0) is 23.9 Å². The maximum atomic E-state index is 13.8. The van der Waals surface area contributed by atoms with E-state index in [1.807, 2.05) is 66.7 Å². The second-order valence-corrected chi connectivity index (χ2v) is 9.87. The van der Waals surface area contributed by atoms with Crippen LogP contribution in [0.4, 0.5) is 0 Å². The van der Waals surface area contributed by atoms with Crippen molar-refractivity contribution in [3.8, 4) is 11.1 Å². The summed E-state index contributed by atoms with van der Waals surface area (Å²) in [6.45, 7) is 3.06. The van der Waals surface area contributed by atoms with E-state index in [0.717, 1.165) is 23.0 Å². The van der Waals surface area contributed by atoms with Gasteiger partial charge in [0, 0.05) is 44.1 Å². The summed E-state index contributed by atoms with van der Waals surface area (Å²) in [4.78, 5) is 51.5. The predicted molar refractivity (Wildman–Crippen MR) is 132 cm³/mol. The molecule has 1 aliphatic heterocycles. The smallest absolute Gasteiger partial charge is 0.328 e. The lowest BCUT2D eigenvalue weighted by Crippen LogP contribution is -2.61. The van der Waals surface area contributed by atoms with Crippen LogP contribution in [0.15, 0.2) is 78.9 Å². The monoisotopic (exact) mass is 482 g/mol. The van der Waals surface area contributed by atoms with Crippen LogP contribution in [0.2, 0.25) is 0 Å². The van der Waals surface area contributed by atoms with Gasteiger partial charge in [0.15, 0.2) is 5.41 Å². The third kappa shape index (κ3) is 3.92. The van der Waals surface area contributed by atoms with Crippen molar-refractivity contribution in [3.63, 3.8) is 0 Å². The molecule has 1 saturated heterocycles. The van der Waals surface area contributed by atoms with Crippen LogP contribution in [0.25, 0.3) is 11.1 Å². The number of Topliss-reactive ketones (excluding diaryl/α,β-unsaturated/α-hetero) is 1. The quantitative estimate of drug-likeness (QED) is 0.288. The molecule has 2 fully saturated rings. The van der Waals surface area contributed by atoms with E-state index in [1.165, 1.54) is 13.8 Å². The predicted octanol–water partition coefficient (Wildman–Crippen LogP) is 5.22. The van der Waals surface area contributed by atoms with E-state index in [1.54, 1.807) is 12.1 Å². The molecule has 2 atom stereocenters. The second-order valence-electron chi connectivity index (χ2n) is 9.87. The van der Waals surface area contributed by atoms with Crippen LogP contribution in [0.3, 0.4) is 0 Å². The molecule has 0 unspecified atom stereocenters. The van der Waals surface area contributed by atoms with E-state index in [2.05, 4.69) is 0 Å². The van der Waals surface area contributed by atoms with Crippen LogP contribution >= 0.6 is 0 Å². The largest absolute Gasteiger partial charge is 0.422 e. The third-order valence-corrected chi connectivity index (χ3v) is 7.21. The van der Waals surface area contributed by atoms with Gasteiger partial charge >= 0.3 is 11.9 Å². The molecule has 0 N–H and O–H groups in total. The number of carbonyl (C=O) groups excluding carboxylic acids is 4. The van der Waals surface area contributed by atoms with Gasteiger partial charge in [-0.05, 0) is 22.3 Å². The number of carbonyl (C=O) groups is 4. The molecule has 3 aromatic rings. The highest BCUT2D eigenvalue weighted by molar-refractivity contribution is 6.06. The molecule has 1 spiro atoms. The number of rotatable bonds is 4. The minimum absolute atomic E-state index is 0.0291. The zero-order valence-electron chi connectivity index (χ0n) is 20.1. The lowest BCUT2D eigenvalue weighted by atomic mass is 9.55. The molecular formula is C30H26O6. The molecule has 5 rings (SSSR count). The Kier molecular flexibility index (Phi) is 5.83. The maximum absolute atomic E-state index is 13.8. The van der Waals surface area contributed by atoms with Gasteiger partial charge in [0.1, 0.15) is 12.1 Å². The van der Waals surface area contributed by atoms with Gasteiger partial charge in [0.25, 0.3) is 5.79 Å². The molecule has 1 heterocycles. The lowest BCUT2D eigenvalue weighted by molar-refractivity contribution is -0.256. The molecule has 0 amide bonds. The minimum Gasteiger partial charge on any atom is -0.422 e. The Bertz CT molecular complexity index is 1300. The minimum atomic E-state index is -1.68. The van der Waals surface area contributed by atoms with Crippen molar-refractivity contribution >= 4 is 24.0 Å². The SMILES string of the molecule is CC1(C)OC(=O)C2(C(=O)O1)[C@@H](c1ccccc1)CC(=O)C[C@H]2c1ccc(-c2ccc(C=O)cc2)cc1. The van der Waals surface area contributed by atoms with E-state index in [0.29, 0.717) is 11.1 Å². The highest BCUT2D eigenvalue weighted by Gasteiger charge is 2.67. The first-order chi connectivity index (χ1) is 17.2. The van der Waals surface area contributed by atoms with Gasteiger partial charge in [-0.1, -0.05) is 78.9 Å². The number of ketones is 1. The number of aldehydes is 1. The highest BCUT2D eigenvalue weighted by Crippen LogP contribution is 2.57. The van der Waals surface area contributed by atoms with Crippen LogP contribution < -0.4 is 0 Å². The van der Waals surface area contributed by atoms with E-state index in [9.17, 15) is 19.2 Å². The van der Waals surface area contributed by atoms with Gasteiger partial charge in [0.2, 0.25) is 0 Å². The molecule has 182 valence electrons. The van der Waals surface area contributed by atoms with Gasteiger partial charge in [-0.3, -0.25) is 19.2 Å². The zero-order chi connectivity index (χ0) is 25.5. The van der Waals surface area contributed by atoms with Crippen LogP contribution in [0, 0.1) is 5.41 Å². The lowest BCUT2D eigenvalue weighted by Gasteiger charge is -2.49. The van der Waals surface area contributed by atoms with Gasteiger partial charge in [-0.2, -0.15) is 0 Å². The van der Waals surface area contributed by atoms with Crippen molar-refractivity contribution in [1.29, 1.82) is 0 Å². The molecule has 2 aliphatic rings. The van der Waals surface area contributed by atoms with E-state index >= 15 is 0 Å². The Morgan fingerprint density at radius 1 is 0.694 bits per heavy atom. The molecule has 1 saturated carbocycles. The Labute approximate surface area is 209 Å². The fourth-order valence-electron chi connectivity index (χ4n) is 5.50. The summed E-state index contributed by atoms with van der Waals surface area (Å²) in [5.41, 5.74) is 2.13. The number of ether oxygens (including phenoxy) is 2. The van der Waals surface area contributed by atoms with E-state index in [4.69, 9.17) is 9.47 Å². The van der Waals surface area contributed by atoms with Crippen molar-refractivity contribution < 1.29 is 28.7 Å². The Balaban J connectivity index is 1.61. The molecule has 0 radical (unpaired) electrons. The Morgan fingerprint density at radius 3 is 1.67 bits per heavy atom. The van der Waals surface area contributed by atoms with Crippen molar-refractivity contribution in [2.24, 2.45) is 5.41 Å². The summed E-state index contributed by atoms with van der Waals surface area (Å²) < 4.78 is 11.3. The maximum Gasteiger partial charge on any atom is 0.328 e. The molecule has 36 heavy (non-hydrogen) atoms. The van der Waals surface area contributed by atoms with Gasteiger partial charge in [0.05, 0.1) is 0 Å². The van der Waals surface area contributed by atoms with E-state index in [-0.39, 0.29) is 18.6 Å². The third-order valence-electron chi connectivity index (χ3n) is 7.21. The van der Waals surface area contributed by atoms with Gasteiger partial charge in [-0.25, -0.2) is 0 Å². The fourth-order valence-corrected chi connectivity index (χ4v) is 5.50. The average Bonchev–Trinajstić information content (AvgIpc) is 2.87. The molecule has 0 bridgehead atoms. The molecule has 6 heteroatoms. The normalized spacial score (nSPS) is 22.6. The molecule has 1 aliphatic carbocycles. The highest BCUT2D eigenvalue weighted by atomic mass is 16.7. The summed E-state index contributed by atoms with van der Waals surface area (Å²) in [7, 11) is 0. The first-order valence-electron chi connectivity index (χ1n) is 11.9. The molecule has 3 aromatic carbocycles. The van der Waals surface area contributed by atoms with Gasteiger partial charge < -0.3 is 9.47 Å². The number of hydrogen-bond donors (Lipinski definition) is 0. The average molecular weight is 483 g/mol. The Hall–Kier alpha value is -4.06. The number of benzene rings is 3. The number of cyclic esters (lactones) is 2. The summed E-state index contributed by atoms with van der Waals surface area (Å²) in [5, 5.41) is 0. The van der Waals surface area contributed by atoms with Crippen molar-refractivity contribution in [3.05, 3.63) is 95.6 Å². The first-order valence-corrected chi connectivity index (χ1v) is 11.9. The van der Waals surface area contributed by atoms with E-state index < -0.39 is 35.0 Å². The van der Waals surface area contributed by atoms with Gasteiger partial charge in [-0.15, -0.1) is 0 Å². The summed E-state index contributed by atoms with van der Waals surface area (Å²) in [6, 6.07) is 23.8. The van der Waals surface area contributed by atoms with Crippen molar-refractivity contribution in [2.75, 3.05) is 0 Å². The molecular weight excluding hydrogens is 456 g/mol. The zero-order valence-corrected chi connectivity index (χ0v) is 20.1. The van der Waals surface area contributed by atoms with Crippen molar-refractivity contribution in [2.45, 2.75) is 44.3 Å². The summed E-state index contributed by atoms with van der Waals surface area (Å²) in [6.07, 6.45) is 0.868. The first kappa shape index (κ1) is 23.7. The Morgan fingerprint density at radius 2 is 1.17 bits per heavy atom. The summed E-state index contributed by atoms with van der Waals surface area (Å²) >= 11 is 0. The standard InChI is InChI=1S/C30H26O6/c1-29(2)35-27(33)30(28(34)36-29)25(22-6-4-3-5-7-22)16-24(32)17-26(30)23-14-12-21(13-15-23)20-10-8-19(18-31)9-11-20/h3-15,18,25-26H,16-17H2,1-2H3/t25-,26+/m1/s1. The molecule has 0 aromatic heterocycles.